The van der Waals surface area contributed by atoms with Crippen LogP contribution in [-0.2, 0) is 16.0 Å². The zero-order valence-electron chi connectivity index (χ0n) is 17.2. The van der Waals surface area contributed by atoms with Crippen LogP contribution in [0.4, 0.5) is 0 Å². The van der Waals surface area contributed by atoms with E-state index in [1.54, 1.807) is 32.9 Å². The number of hydrogen-bond acceptors (Lipinski definition) is 6. The molecule has 0 radical (unpaired) electrons. The molecular weight excluding hydrogens is 443 g/mol. The van der Waals surface area contributed by atoms with Gasteiger partial charge in [0.25, 0.3) is 0 Å². The third kappa shape index (κ3) is 4.92. The predicted octanol–water partition coefficient (Wildman–Crippen LogP) is 5.43. The number of carbonyl (C=O) groups is 2. The van der Waals surface area contributed by atoms with E-state index in [2.05, 4.69) is 0 Å². The molecule has 162 valence electrons. The van der Waals surface area contributed by atoms with Gasteiger partial charge in [0.15, 0.2) is 0 Å². The number of carbonyl (C=O) groups excluding carboxylic acids is 2. The monoisotopic (exact) mass is 462 g/mol. The van der Waals surface area contributed by atoms with Gasteiger partial charge in [-0.1, -0.05) is 23.2 Å². The van der Waals surface area contributed by atoms with Crippen LogP contribution in [0.1, 0.15) is 40.4 Å². The van der Waals surface area contributed by atoms with Gasteiger partial charge >= 0.3 is 17.6 Å². The van der Waals surface area contributed by atoms with Crippen molar-refractivity contribution in [2.75, 3.05) is 6.61 Å². The van der Waals surface area contributed by atoms with Gasteiger partial charge in [-0.15, -0.1) is 0 Å². The van der Waals surface area contributed by atoms with Gasteiger partial charge in [-0.2, -0.15) is 0 Å². The largest absolute Gasteiger partial charge is 0.466 e. The predicted molar refractivity (Wildman–Crippen MR) is 118 cm³/mol. The van der Waals surface area contributed by atoms with E-state index >= 15 is 0 Å². The van der Waals surface area contributed by atoms with Crippen LogP contribution < -0.4 is 10.4 Å². The van der Waals surface area contributed by atoms with Crippen molar-refractivity contribution in [3.05, 3.63) is 73.1 Å². The molecular formula is C23H20Cl2O6. The maximum absolute atomic E-state index is 12.6. The van der Waals surface area contributed by atoms with Crippen LogP contribution in [-0.4, -0.2) is 18.5 Å². The fraction of sp³-hybridized carbons (Fsp3) is 0.261. The summed E-state index contributed by atoms with van der Waals surface area (Å²) >= 11 is 11.9. The molecule has 0 aliphatic carbocycles. The van der Waals surface area contributed by atoms with E-state index in [0.29, 0.717) is 32.7 Å². The topological polar surface area (TPSA) is 82.8 Å². The number of benzene rings is 2. The third-order valence-corrected chi connectivity index (χ3v) is 5.44. The lowest BCUT2D eigenvalue weighted by atomic mass is 10.0. The SMILES string of the molecule is CCOC(=O)CCc1c(C)c2ccc(OC(=O)c3ccc(Cl)cc3Cl)c(C)c2oc1=O. The van der Waals surface area contributed by atoms with Crippen LogP contribution in [0.3, 0.4) is 0 Å². The van der Waals surface area contributed by atoms with Crippen molar-refractivity contribution in [1.29, 1.82) is 0 Å². The van der Waals surface area contributed by atoms with Crippen molar-refractivity contribution in [2.24, 2.45) is 0 Å². The average Bonchev–Trinajstić information content (AvgIpc) is 2.70. The Balaban J connectivity index is 1.93. The average molecular weight is 463 g/mol. The molecule has 0 saturated heterocycles. The number of hydrogen-bond donors (Lipinski definition) is 0. The van der Waals surface area contributed by atoms with Crippen LogP contribution in [0.2, 0.25) is 10.0 Å². The van der Waals surface area contributed by atoms with Crippen molar-refractivity contribution in [3.8, 4) is 5.75 Å². The summed E-state index contributed by atoms with van der Waals surface area (Å²) in [5.74, 6) is -0.791. The first kappa shape index (κ1) is 22.8. The minimum absolute atomic E-state index is 0.0848. The highest BCUT2D eigenvalue weighted by Crippen LogP contribution is 2.31. The Morgan fingerprint density at radius 2 is 1.81 bits per heavy atom. The zero-order valence-corrected chi connectivity index (χ0v) is 18.7. The molecule has 0 bridgehead atoms. The standard InChI is InChI=1S/C23H20Cl2O6/c1-4-29-20(26)10-8-16-12(2)15-7-9-19(13(3)21(15)31-22(16)27)30-23(28)17-6-5-14(24)11-18(17)25/h5-7,9,11H,4,8,10H2,1-3H3. The summed E-state index contributed by atoms with van der Waals surface area (Å²) in [7, 11) is 0. The summed E-state index contributed by atoms with van der Waals surface area (Å²) in [6, 6.07) is 7.80. The first-order valence-corrected chi connectivity index (χ1v) is 10.4. The Kier molecular flexibility index (Phi) is 7.03. The second-order valence-electron chi connectivity index (χ2n) is 6.88. The second kappa shape index (κ2) is 9.54. The third-order valence-electron chi connectivity index (χ3n) is 4.89. The van der Waals surface area contributed by atoms with Gasteiger partial charge in [-0.25, -0.2) is 9.59 Å². The molecule has 8 heteroatoms. The molecule has 0 spiro atoms. The molecule has 3 aromatic rings. The number of fused-ring (bicyclic) bond motifs is 1. The summed E-state index contributed by atoms with van der Waals surface area (Å²) in [5.41, 5.74) is 1.55. The highest BCUT2D eigenvalue weighted by Gasteiger charge is 2.19. The number of rotatable bonds is 6. The van der Waals surface area contributed by atoms with Crippen LogP contribution >= 0.6 is 23.2 Å². The lowest BCUT2D eigenvalue weighted by Crippen LogP contribution is -2.14. The van der Waals surface area contributed by atoms with Crippen LogP contribution in [0.5, 0.6) is 5.75 Å². The molecule has 31 heavy (non-hydrogen) atoms. The molecule has 6 nitrogen and oxygen atoms in total. The first-order valence-electron chi connectivity index (χ1n) is 9.61. The van der Waals surface area contributed by atoms with Gasteiger partial charge in [0.1, 0.15) is 11.3 Å². The molecule has 3 rings (SSSR count). The van der Waals surface area contributed by atoms with Gasteiger partial charge in [-0.05, 0) is 63.1 Å². The summed E-state index contributed by atoms with van der Waals surface area (Å²) < 4.78 is 15.9. The molecule has 1 aromatic heterocycles. The smallest absolute Gasteiger partial charge is 0.345 e. The minimum Gasteiger partial charge on any atom is -0.466 e. The van der Waals surface area contributed by atoms with Gasteiger partial charge in [0.05, 0.1) is 17.2 Å². The number of ether oxygens (including phenoxy) is 2. The zero-order chi connectivity index (χ0) is 22.7. The Bertz CT molecular complexity index is 1230. The number of halogens is 2. The summed E-state index contributed by atoms with van der Waals surface area (Å²) in [6.45, 7) is 5.49. The van der Waals surface area contributed by atoms with Crippen molar-refractivity contribution in [3.63, 3.8) is 0 Å². The molecule has 0 amide bonds. The summed E-state index contributed by atoms with van der Waals surface area (Å²) in [5, 5.41) is 1.27. The molecule has 0 fully saturated rings. The number of esters is 2. The molecule has 0 saturated carbocycles. The van der Waals surface area contributed by atoms with E-state index in [-0.39, 0.29) is 41.8 Å². The highest BCUT2D eigenvalue weighted by atomic mass is 35.5. The Hall–Kier alpha value is -2.83. The Labute approximate surface area is 188 Å². The first-order chi connectivity index (χ1) is 14.7. The molecule has 2 aromatic carbocycles. The van der Waals surface area contributed by atoms with E-state index in [9.17, 15) is 14.4 Å². The van der Waals surface area contributed by atoms with E-state index in [4.69, 9.17) is 37.1 Å². The maximum Gasteiger partial charge on any atom is 0.345 e. The molecule has 1 heterocycles. The lowest BCUT2D eigenvalue weighted by molar-refractivity contribution is -0.143. The quantitative estimate of drug-likeness (QED) is 0.275. The fourth-order valence-electron chi connectivity index (χ4n) is 3.24. The van der Waals surface area contributed by atoms with Crippen molar-refractivity contribution >= 4 is 46.1 Å². The fourth-order valence-corrected chi connectivity index (χ4v) is 3.73. The highest BCUT2D eigenvalue weighted by molar-refractivity contribution is 6.36. The normalized spacial score (nSPS) is 10.9. The van der Waals surface area contributed by atoms with E-state index in [1.807, 2.05) is 0 Å². The Morgan fingerprint density at radius 1 is 1.06 bits per heavy atom. The maximum atomic E-state index is 12.6. The van der Waals surface area contributed by atoms with Crippen LogP contribution in [0.25, 0.3) is 11.0 Å². The molecule has 0 atom stereocenters. The van der Waals surface area contributed by atoms with Crippen LogP contribution in [0, 0.1) is 13.8 Å². The van der Waals surface area contributed by atoms with E-state index < -0.39 is 11.6 Å². The van der Waals surface area contributed by atoms with Gasteiger partial charge in [0.2, 0.25) is 0 Å². The molecule has 0 aliphatic rings. The molecule has 0 aliphatic heterocycles. The van der Waals surface area contributed by atoms with Crippen LogP contribution in [0.15, 0.2) is 39.5 Å². The van der Waals surface area contributed by atoms with Crippen molar-refractivity contribution in [2.45, 2.75) is 33.6 Å². The van der Waals surface area contributed by atoms with E-state index in [1.165, 1.54) is 18.2 Å². The minimum atomic E-state index is -0.658. The number of aryl methyl sites for hydroxylation is 2. The van der Waals surface area contributed by atoms with Gasteiger partial charge in [0, 0.05) is 28.0 Å². The van der Waals surface area contributed by atoms with Gasteiger partial charge < -0.3 is 13.9 Å². The second-order valence-corrected chi connectivity index (χ2v) is 7.72. The van der Waals surface area contributed by atoms with E-state index in [0.717, 1.165) is 0 Å². The molecule has 0 unspecified atom stereocenters. The Morgan fingerprint density at radius 3 is 2.48 bits per heavy atom. The molecule has 0 N–H and O–H groups in total. The summed E-state index contributed by atoms with van der Waals surface area (Å²) in [4.78, 5) is 36.7. The van der Waals surface area contributed by atoms with Crippen molar-refractivity contribution < 1.29 is 23.5 Å². The van der Waals surface area contributed by atoms with Crippen molar-refractivity contribution in [1.82, 2.24) is 0 Å². The summed E-state index contributed by atoms with van der Waals surface area (Å²) in [6.07, 6.45) is 0.301. The van der Waals surface area contributed by atoms with Gasteiger partial charge in [-0.3, -0.25) is 4.79 Å². The lowest BCUT2D eigenvalue weighted by Gasteiger charge is -2.13.